The zero-order valence-corrected chi connectivity index (χ0v) is 16.7. The van der Waals surface area contributed by atoms with Crippen LogP contribution in [0.15, 0.2) is 66.7 Å². The molecule has 0 saturated carbocycles. The number of rotatable bonds is 8. The molecule has 0 spiro atoms. The normalized spacial score (nSPS) is 10.2. The van der Waals surface area contributed by atoms with Gasteiger partial charge < -0.3 is 24.8 Å². The predicted molar refractivity (Wildman–Crippen MR) is 115 cm³/mol. The number of methoxy groups -OCH3 is 2. The smallest absolute Gasteiger partial charge is 0.263 e. The summed E-state index contributed by atoms with van der Waals surface area (Å²) >= 11 is 0. The Morgan fingerprint density at radius 2 is 1.38 bits per heavy atom. The number of benzene rings is 3. The predicted octanol–water partition coefficient (Wildman–Crippen LogP) is 5.10. The van der Waals surface area contributed by atoms with Crippen molar-refractivity contribution >= 4 is 23.0 Å². The molecule has 2 N–H and O–H groups in total. The van der Waals surface area contributed by atoms with Crippen LogP contribution in [0, 0.1) is 0 Å². The zero-order valence-electron chi connectivity index (χ0n) is 16.7. The standard InChI is InChI=1S/C23H24N2O4/c1-4-29-19-9-6-5-8-18(19)24-16-12-14-17(15-13-16)25-23(26)22-20(27-2)10-7-11-21(22)28-3/h5-15,24H,4H2,1-3H3,(H,25,26). The summed E-state index contributed by atoms with van der Waals surface area (Å²) in [6, 6.07) is 20.4. The first kappa shape index (κ1) is 20.1. The first-order valence-electron chi connectivity index (χ1n) is 9.27. The van der Waals surface area contributed by atoms with Gasteiger partial charge in [0.2, 0.25) is 0 Å². The van der Waals surface area contributed by atoms with Crippen molar-refractivity contribution in [2.75, 3.05) is 31.5 Å². The van der Waals surface area contributed by atoms with Crippen molar-refractivity contribution in [3.8, 4) is 17.2 Å². The van der Waals surface area contributed by atoms with Gasteiger partial charge in [-0.3, -0.25) is 4.79 Å². The van der Waals surface area contributed by atoms with Gasteiger partial charge in [0.15, 0.2) is 0 Å². The summed E-state index contributed by atoms with van der Waals surface area (Å²) in [5.74, 6) is 1.39. The minimum atomic E-state index is -0.304. The van der Waals surface area contributed by atoms with E-state index in [2.05, 4.69) is 10.6 Å². The molecule has 0 heterocycles. The van der Waals surface area contributed by atoms with E-state index in [0.717, 1.165) is 17.1 Å². The number of ether oxygens (including phenoxy) is 3. The summed E-state index contributed by atoms with van der Waals surface area (Å²) in [7, 11) is 3.04. The van der Waals surface area contributed by atoms with E-state index < -0.39 is 0 Å². The van der Waals surface area contributed by atoms with Crippen LogP contribution in [0.4, 0.5) is 17.1 Å². The van der Waals surface area contributed by atoms with Crippen LogP contribution in [0.2, 0.25) is 0 Å². The van der Waals surface area contributed by atoms with Crippen molar-refractivity contribution in [1.29, 1.82) is 0 Å². The second-order valence-electron chi connectivity index (χ2n) is 6.12. The molecular formula is C23H24N2O4. The number of carbonyl (C=O) groups excluding carboxylic acids is 1. The summed E-state index contributed by atoms with van der Waals surface area (Å²) in [5, 5.41) is 6.21. The molecule has 3 aromatic rings. The van der Waals surface area contributed by atoms with E-state index in [1.807, 2.05) is 55.5 Å². The van der Waals surface area contributed by atoms with Crippen molar-refractivity contribution in [2.45, 2.75) is 6.92 Å². The SMILES string of the molecule is CCOc1ccccc1Nc1ccc(NC(=O)c2c(OC)cccc2OC)cc1. The number of hydrogen-bond acceptors (Lipinski definition) is 5. The van der Waals surface area contributed by atoms with E-state index in [-0.39, 0.29) is 5.91 Å². The molecule has 0 aliphatic rings. The van der Waals surface area contributed by atoms with Gasteiger partial charge in [0.05, 0.1) is 26.5 Å². The maximum atomic E-state index is 12.8. The molecule has 150 valence electrons. The molecule has 0 radical (unpaired) electrons. The molecule has 0 aliphatic carbocycles. The van der Waals surface area contributed by atoms with Crippen molar-refractivity contribution in [1.82, 2.24) is 0 Å². The third-order valence-electron chi connectivity index (χ3n) is 4.26. The number of amides is 1. The van der Waals surface area contributed by atoms with Crippen molar-refractivity contribution in [2.24, 2.45) is 0 Å². The molecule has 3 rings (SSSR count). The zero-order chi connectivity index (χ0) is 20.6. The lowest BCUT2D eigenvalue weighted by Crippen LogP contribution is -2.14. The van der Waals surface area contributed by atoms with Crippen LogP contribution in [0.3, 0.4) is 0 Å². The van der Waals surface area contributed by atoms with Gasteiger partial charge in [-0.1, -0.05) is 18.2 Å². The second kappa shape index (κ2) is 9.50. The lowest BCUT2D eigenvalue weighted by Gasteiger charge is -2.14. The van der Waals surface area contributed by atoms with E-state index in [1.54, 1.807) is 18.2 Å². The van der Waals surface area contributed by atoms with Crippen LogP contribution in [0.5, 0.6) is 17.2 Å². The van der Waals surface area contributed by atoms with Gasteiger partial charge in [0.25, 0.3) is 5.91 Å². The monoisotopic (exact) mass is 392 g/mol. The Morgan fingerprint density at radius 3 is 2.00 bits per heavy atom. The van der Waals surface area contributed by atoms with E-state index in [0.29, 0.717) is 29.4 Å². The van der Waals surface area contributed by atoms with Crippen molar-refractivity contribution < 1.29 is 19.0 Å². The lowest BCUT2D eigenvalue weighted by molar-refractivity contribution is 0.102. The first-order valence-corrected chi connectivity index (χ1v) is 9.27. The minimum Gasteiger partial charge on any atom is -0.496 e. The molecule has 6 nitrogen and oxygen atoms in total. The number of nitrogens with one attached hydrogen (secondary N) is 2. The molecule has 0 unspecified atom stereocenters. The Morgan fingerprint density at radius 1 is 0.793 bits per heavy atom. The van der Waals surface area contributed by atoms with Crippen LogP contribution >= 0.6 is 0 Å². The quantitative estimate of drug-likeness (QED) is 0.558. The largest absolute Gasteiger partial charge is 0.496 e. The van der Waals surface area contributed by atoms with E-state index in [9.17, 15) is 4.79 Å². The highest BCUT2D eigenvalue weighted by Gasteiger charge is 2.18. The molecule has 0 saturated heterocycles. The van der Waals surface area contributed by atoms with E-state index in [1.165, 1.54) is 14.2 Å². The van der Waals surface area contributed by atoms with Gasteiger partial charge in [0.1, 0.15) is 22.8 Å². The van der Waals surface area contributed by atoms with Crippen LogP contribution in [-0.2, 0) is 0 Å². The fourth-order valence-corrected chi connectivity index (χ4v) is 2.91. The summed E-state index contributed by atoms with van der Waals surface area (Å²) in [4.78, 5) is 12.8. The summed E-state index contributed by atoms with van der Waals surface area (Å²) < 4.78 is 16.2. The Hall–Kier alpha value is -3.67. The molecular weight excluding hydrogens is 368 g/mol. The van der Waals surface area contributed by atoms with Gasteiger partial charge in [-0.15, -0.1) is 0 Å². The second-order valence-corrected chi connectivity index (χ2v) is 6.12. The third kappa shape index (κ3) is 4.79. The first-order chi connectivity index (χ1) is 14.2. The average Bonchev–Trinajstić information content (AvgIpc) is 2.76. The van der Waals surface area contributed by atoms with Crippen LogP contribution in [0.1, 0.15) is 17.3 Å². The molecule has 3 aromatic carbocycles. The van der Waals surface area contributed by atoms with Gasteiger partial charge in [0, 0.05) is 11.4 Å². The average molecular weight is 392 g/mol. The topological polar surface area (TPSA) is 68.8 Å². The van der Waals surface area contributed by atoms with Gasteiger partial charge >= 0.3 is 0 Å². The van der Waals surface area contributed by atoms with Gasteiger partial charge in [-0.25, -0.2) is 0 Å². The van der Waals surface area contributed by atoms with Gasteiger partial charge in [-0.05, 0) is 55.5 Å². The molecule has 1 amide bonds. The Labute approximate surface area is 170 Å². The molecule has 0 bridgehead atoms. The van der Waals surface area contributed by atoms with Gasteiger partial charge in [-0.2, -0.15) is 0 Å². The number of anilines is 3. The maximum Gasteiger partial charge on any atom is 0.263 e. The summed E-state index contributed by atoms with van der Waals surface area (Å²) in [6.45, 7) is 2.54. The van der Waals surface area contributed by atoms with Crippen LogP contribution in [0.25, 0.3) is 0 Å². The molecule has 0 fully saturated rings. The highest BCUT2D eigenvalue weighted by Crippen LogP contribution is 2.30. The Kier molecular flexibility index (Phi) is 6.58. The summed E-state index contributed by atoms with van der Waals surface area (Å²) in [6.07, 6.45) is 0. The lowest BCUT2D eigenvalue weighted by atomic mass is 10.1. The van der Waals surface area contributed by atoms with Crippen molar-refractivity contribution in [3.05, 3.63) is 72.3 Å². The fourth-order valence-electron chi connectivity index (χ4n) is 2.91. The minimum absolute atomic E-state index is 0.304. The summed E-state index contributed by atoms with van der Waals surface area (Å²) in [5.41, 5.74) is 2.77. The number of para-hydroxylation sites is 2. The molecule has 0 atom stereocenters. The van der Waals surface area contributed by atoms with Crippen molar-refractivity contribution in [3.63, 3.8) is 0 Å². The number of carbonyl (C=O) groups is 1. The molecule has 6 heteroatoms. The fraction of sp³-hybridized carbons (Fsp3) is 0.174. The van der Waals surface area contributed by atoms with E-state index in [4.69, 9.17) is 14.2 Å². The number of hydrogen-bond donors (Lipinski definition) is 2. The molecule has 0 aromatic heterocycles. The van der Waals surface area contributed by atoms with Crippen LogP contribution < -0.4 is 24.8 Å². The molecule has 29 heavy (non-hydrogen) atoms. The van der Waals surface area contributed by atoms with Crippen LogP contribution in [-0.4, -0.2) is 26.7 Å². The maximum absolute atomic E-state index is 12.8. The highest BCUT2D eigenvalue weighted by atomic mass is 16.5. The van der Waals surface area contributed by atoms with E-state index >= 15 is 0 Å². The highest BCUT2D eigenvalue weighted by molar-refractivity contribution is 6.08. The Bertz CT molecular complexity index is 949. The third-order valence-corrected chi connectivity index (χ3v) is 4.26. The molecule has 0 aliphatic heterocycles. The Balaban J connectivity index is 1.74.